The van der Waals surface area contributed by atoms with Crippen molar-refractivity contribution in [2.45, 2.75) is 0 Å². The topological polar surface area (TPSA) is 80.2 Å². The second-order valence-electron chi connectivity index (χ2n) is 4.56. The van der Waals surface area contributed by atoms with Crippen LogP contribution in [0.15, 0.2) is 41.5 Å². The molecule has 2 aromatic rings. The molecule has 0 unspecified atom stereocenters. The first-order valence-electron chi connectivity index (χ1n) is 6.77. The van der Waals surface area contributed by atoms with Gasteiger partial charge in [-0.3, -0.25) is 4.79 Å². The Balaban J connectivity index is 1.90. The fraction of sp³-hybridized carbons (Fsp3) is 0.125. The molecule has 0 bridgehead atoms. The molecule has 0 atom stereocenters. The highest BCUT2D eigenvalue weighted by molar-refractivity contribution is 6.42. The van der Waals surface area contributed by atoms with Gasteiger partial charge in [0.15, 0.2) is 6.61 Å². The molecule has 6 nitrogen and oxygen atoms in total. The summed E-state index contributed by atoms with van der Waals surface area (Å²) in [5.74, 6) is 0.369. The van der Waals surface area contributed by atoms with Gasteiger partial charge in [0.25, 0.3) is 5.91 Å². The summed E-state index contributed by atoms with van der Waals surface area (Å²) in [4.78, 5) is 11.7. The van der Waals surface area contributed by atoms with Crippen LogP contribution in [0.4, 0.5) is 0 Å². The Morgan fingerprint density at radius 1 is 1.33 bits per heavy atom. The Morgan fingerprint density at radius 2 is 2.12 bits per heavy atom. The Morgan fingerprint density at radius 3 is 2.88 bits per heavy atom. The quantitative estimate of drug-likeness (QED) is 0.605. The molecule has 0 heterocycles. The third-order valence-corrected chi connectivity index (χ3v) is 3.70. The van der Waals surface area contributed by atoms with Gasteiger partial charge in [-0.05, 0) is 30.3 Å². The Bertz CT molecular complexity index is 766. The number of phenolic OH excluding ortho intramolecular Hbond substituents is 1. The minimum Gasteiger partial charge on any atom is -0.507 e. The summed E-state index contributed by atoms with van der Waals surface area (Å²) >= 11 is 11.8. The second-order valence-corrected chi connectivity index (χ2v) is 5.34. The fourth-order valence-corrected chi connectivity index (χ4v) is 2.05. The summed E-state index contributed by atoms with van der Waals surface area (Å²) in [6, 6.07) is 9.51. The highest BCUT2D eigenvalue weighted by Crippen LogP contribution is 2.31. The molecular weight excluding hydrogens is 355 g/mol. The molecule has 2 N–H and O–H groups in total. The number of carbonyl (C=O) groups excluding carboxylic acids is 1. The van der Waals surface area contributed by atoms with E-state index in [1.54, 1.807) is 30.3 Å². The number of aromatic hydroxyl groups is 1. The van der Waals surface area contributed by atoms with Crippen LogP contribution in [0.2, 0.25) is 10.0 Å². The molecule has 0 fully saturated rings. The average molecular weight is 369 g/mol. The maximum Gasteiger partial charge on any atom is 0.277 e. The molecule has 2 rings (SSSR count). The van der Waals surface area contributed by atoms with Crippen molar-refractivity contribution >= 4 is 35.3 Å². The van der Waals surface area contributed by atoms with Gasteiger partial charge >= 0.3 is 0 Å². The first kappa shape index (κ1) is 17.9. The minimum atomic E-state index is -0.496. The zero-order valence-corrected chi connectivity index (χ0v) is 14.1. The van der Waals surface area contributed by atoms with E-state index in [9.17, 15) is 9.90 Å². The van der Waals surface area contributed by atoms with Crippen LogP contribution < -0.4 is 14.9 Å². The molecular formula is C16H14Cl2N2O4. The molecule has 126 valence electrons. The number of nitrogens with zero attached hydrogens (tertiary/aromatic N) is 1. The van der Waals surface area contributed by atoms with Gasteiger partial charge in [-0.25, -0.2) is 5.43 Å². The third kappa shape index (κ3) is 4.78. The van der Waals surface area contributed by atoms with E-state index < -0.39 is 5.91 Å². The molecule has 24 heavy (non-hydrogen) atoms. The van der Waals surface area contributed by atoms with E-state index in [0.29, 0.717) is 22.1 Å². The molecule has 2 aromatic carbocycles. The van der Waals surface area contributed by atoms with Gasteiger partial charge in [0, 0.05) is 5.56 Å². The molecule has 1 amide bonds. The zero-order valence-electron chi connectivity index (χ0n) is 12.6. The van der Waals surface area contributed by atoms with Crippen molar-refractivity contribution in [1.29, 1.82) is 0 Å². The summed E-state index contributed by atoms with van der Waals surface area (Å²) in [6.07, 6.45) is 1.29. The second kappa shape index (κ2) is 8.42. The number of rotatable bonds is 6. The van der Waals surface area contributed by atoms with Crippen LogP contribution in [0.3, 0.4) is 0 Å². The largest absolute Gasteiger partial charge is 0.507 e. The standard InChI is InChI=1S/C16H14Cl2N2O4/c1-23-11-5-6-13(21)10(7-11)8-19-20-15(22)9-24-14-4-2-3-12(17)16(14)18/h2-8,21H,9H2,1H3,(H,20,22). The maximum absolute atomic E-state index is 11.7. The van der Waals surface area contributed by atoms with E-state index in [0.717, 1.165) is 0 Å². The van der Waals surface area contributed by atoms with Crippen molar-refractivity contribution in [3.05, 3.63) is 52.0 Å². The van der Waals surface area contributed by atoms with Crippen LogP contribution in [0.25, 0.3) is 0 Å². The maximum atomic E-state index is 11.7. The number of halogens is 2. The van der Waals surface area contributed by atoms with E-state index in [2.05, 4.69) is 10.5 Å². The van der Waals surface area contributed by atoms with Gasteiger partial charge in [-0.1, -0.05) is 29.3 Å². The van der Waals surface area contributed by atoms with Gasteiger partial charge in [-0.15, -0.1) is 0 Å². The summed E-state index contributed by atoms with van der Waals surface area (Å²) in [6.45, 7) is -0.290. The first-order chi connectivity index (χ1) is 11.5. The molecule has 0 radical (unpaired) electrons. The summed E-state index contributed by atoms with van der Waals surface area (Å²) in [5, 5.41) is 14.0. The predicted molar refractivity (Wildman–Crippen MR) is 92.4 cm³/mol. The highest BCUT2D eigenvalue weighted by Gasteiger charge is 2.08. The Hall–Kier alpha value is -2.44. The lowest BCUT2D eigenvalue weighted by Crippen LogP contribution is -2.24. The number of benzene rings is 2. The van der Waals surface area contributed by atoms with Crippen LogP contribution in [0.5, 0.6) is 17.2 Å². The van der Waals surface area contributed by atoms with E-state index in [1.807, 2.05) is 0 Å². The van der Waals surface area contributed by atoms with Crippen LogP contribution >= 0.6 is 23.2 Å². The lowest BCUT2D eigenvalue weighted by atomic mass is 10.2. The highest BCUT2D eigenvalue weighted by atomic mass is 35.5. The monoisotopic (exact) mass is 368 g/mol. The number of nitrogens with one attached hydrogen (secondary N) is 1. The third-order valence-electron chi connectivity index (χ3n) is 2.90. The van der Waals surface area contributed by atoms with Gasteiger partial charge < -0.3 is 14.6 Å². The number of hydrogen-bond donors (Lipinski definition) is 2. The SMILES string of the molecule is COc1ccc(O)c(C=NNC(=O)COc2cccc(Cl)c2Cl)c1. The van der Waals surface area contributed by atoms with Gasteiger partial charge in [-0.2, -0.15) is 5.10 Å². The van der Waals surface area contributed by atoms with Crippen molar-refractivity contribution in [2.24, 2.45) is 5.10 Å². The smallest absolute Gasteiger partial charge is 0.277 e. The van der Waals surface area contributed by atoms with Crippen molar-refractivity contribution < 1.29 is 19.4 Å². The van der Waals surface area contributed by atoms with Crippen molar-refractivity contribution in [2.75, 3.05) is 13.7 Å². The zero-order chi connectivity index (χ0) is 17.5. The number of hydrogen-bond acceptors (Lipinski definition) is 5. The molecule has 0 spiro atoms. The van der Waals surface area contributed by atoms with Gasteiger partial charge in [0.2, 0.25) is 0 Å². The predicted octanol–water partition coefficient (Wildman–Crippen LogP) is 3.24. The molecule has 0 aromatic heterocycles. The van der Waals surface area contributed by atoms with E-state index in [-0.39, 0.29) is 17.4 Å². The first-order valence-corrected chi connectivity index (χ1v) is 7.52. The fourth-order valence-electron chi connectivity index (χ4n) is 1.71. The lowest BCUT2D eigenvalue weighted by molar-refractivity contribution is -0.123. The number of ether oxygens (including phenoxy) is 2. The number of hydrazone groups is 1. The minimum absolute atomic E-state index is 0.00996. The molecule has 0 aliphatic rings. The molecule has 0 saturated heterocycles. The Labute approximate surface area is 148 Å². The number of phenols is 1. The van der Waals surface area contributed by atoms with E-state index in [4.69, 9.17) is 32.7 Å². The number of carbonyl (C=O) groups is 1. The van der Waals surface area contributed by atoms with E-state index in [1.165, 1.54) is 19.4 Å². The summed E-state index contributed by atoms with van der Waals surface area (Å²) in [5.41, 5.74) is 2.67. The van der Waals surface area contributed by atoms with Crippen LogP contribution in [0, 0.1) is 0 Å². The van der Waals surface area contributed by atoms with Gasteiger partial charge in [0.05, 0.1) is 18.3 Å². The van der Waals surface area contributed by atoms with Crippen LogP contribution in [0.1, 0.15) is 5.56 Å². The van der Waals surface area contributed by atoms with E-state index >= 15 is 0 Å². The summed E-state index contributed by atoms with van der Waals surface area (Å²) < 4.78 is 10.3. The van der Waals surface area contributed by atoms with Crippen LogP contribution in [-0.2, 0) is 4.79 Å². The number of methoxy groups -OCH3 is 1. The average Bonchev–Trinajstić information content (AvgIpc) is 2.58. The molecule has 8 heteroatoms. The Kier molecular flexibility index (Phi) is 6.28. The van der Waals surface area contributed by atoms with Crippen molar-refractivity contribution in [3.8, 4) is 17.2 Å². The van der Waals surface area contributed by atoms with Crippen molar-refractivity contribution in [3.63, 3.8) is 0 Å². The van der Waals surface area contributed by atoms with Crippen molar-refractivity contribution in [1.82, 2.24) is 5.43 Å². The van der Waals surface area contributed by atoms with Gasteiger partial charge in [0.1, 0.15) is 22.3 Å². The number of amides is 1. The van der Waals surface area contributed by atoms with Crippen LogP contribution in [-0.4, -0.2) is 30.9 Å². The lowest BCUT2D eigenvalue weighted by Gasteiger charge is -2.07. The molecule has 0 saturated carbocycles. The summed E-state index contributed by atoms with van der Waals surface area (Å²) in [7, 11) is 1.51. The molecule has 0 aliphatic heterocycles. The normalized spacial score (nSPS) is 10.6. The molecule has 0 aliphatic carbocycles.